The molecule has 1 aromatic carbocycles. The second-order valence-corrected chi connectivity index (χ2v) is 7.10. The van der Waals surface area contributed by atoms with Gasteiger partial charge in [-0.05, 0) is 13.3 Å². The van der Waals surface area contributed by atoms with Gasteiger partial charge < -0.3 is 10.1 Å². The Kier molecular flexibility index (Phi) is 4.92. The van der Waals surface area contributed by atoms with Crippen molar-refractivity contribution in [2.75, 3.05) is 11.9 Å². The average Bonchev–Trinajstić information content (AvgIpc) is 3.27. The number of nitrogens with one attached hydrogen (secondary N) is 2. The van der Waals surface area contributed by atoms with Gasteiger partial charge in [0.05, 0.1) is 17.7 Å². The second kappa shape index (κ2) is 7.38. The number of ether oxygens (including phenoxy) is 1. The third-order valence-electron chi connectivity index (χ3n) is 4.97. The molecule has 0 aliphatic heterocycles. The number of aryl methyl sites for hydroxylation is 1. The predicted molar refractivity (Wildman–Crippen MR) is 98.0 cm³/mol. The molecule has 3 aromatic rings. The Morgan fingerprint density at radius 1 is 1.21 bits per heavy atom. The molecule has 2 heterocycles. The molecular formula is C19H20F3N5O. The van der Waals surface area contributed by atoms with Gasteiger partial charge in [0.25, 0.3) is 5.92 Å². The van der Waals surface area contributed by atoms with Crippen molar-refractivity contribution < 1.29 is 17.9 Å². The van der Waals surface area contributed by atoms with Crippen molar-refractivity contribution in [3.63, 3.8) is 0 Å². The first-order chi connectivity index (χ1) is 13.4. The molecule has 1 aliphatic rings. The maximum absolute atomic E-state index is 14.4. The number of H-pyrrole nitrogens is 1. The Morgan fingerprint density at radius 3 is 2.79 bits per heavy atom. The number of halogens is 3. The monoisotopic (exact) mass is 391 g/mol. The van der Waals surface area contributed by atoms with E-state index in [1.165, 1.54) is 18.5 Å². The number of hydrogen-bond donors (Lipinski definition) is 2. The third-order valence-corrected chi connectivity index (χ3v) is 4.97. The van der Waals surface area contributed by atoms with Gasteiger partial charge in [0.1, 0.15) is 24.9 Å². The number of nitrogens with zero attached hydrogens (tertiary/aromatic N) is 3. The number of anilines is 1. The molecule has 1 fully saturated rings. The van der Waals surface area contributed by atoms with Crippen LogP contribution >= 0.6 is 0 Å². The van der Waals surface area contributed by atoms with Crippen LogP contribution in [-0.4, -0.2) is 45.1 Å². The molecule has 2 aromatic heterocycles. The number of aromatic nitrogens is 4. The lowest BCUT2D eigenvalue weighted by Gasteiger charge is -2.21. The zero-order chi connectivity index (χ0) is 19.7. The molecule has 9 heteroatoms. The number of benzene rings is 1. The second-order valence-electron chi connectivity index (χ2n) is 7.10. The Morgan fingerprint density at radius 2 is 2.00 bits per heavy atom. The first kappa shape index (κ1) is 18.7. The lowest BCUT2D eigenvalue weighted by molar-refractivity contribution is -0.114. The number of hydrogen-bond acceptors (Lipinski definition) is 5. The molecule has 0 spiro atoms. The highest BCUT2D eigenvalue weighted by atomic mass is 19.3. The highest BCUT2D eigenvalue weighted by Gasteiger charge is 2.39. The largest absolute Gasteiger partial charge is 0.368 e. The normalized spacial score (nSPS) is 22.6. The molecule has 0 unspecified atom stereocenters. The summed E-state index contributed by atoms with van der Waals surface area (Å²) in [7, 11) is 0. The number of fused-ring (bicyclic) bond motifs is 1. The van der Waals surface area contributed by atoms with Crippen LogP contribution in [0.5, 0.6) is 0 Å². The van der Waals surface area contributed by atoms with Gasteiger partial charge in [-0.25, -0.2) is 14.4 Å². The third kappa shape index (κ3) is 3.80. The van der Waals surface area contributed by atoms with Crippen molar-refractivity contribution >= 4 is 16.9 Å². The van der Waals surface area contributed by atoms with Crippen LogP contribution in [0, 0.1) is 6.92 Å². The van der Waals surface area contributed by atoms with Gasteiger partial charge in [-0.3, -0.25) is 5.10 Å². The highest BCUT2D eigenvalue weighted by molar-refractivity contribution is 5.85. The summed E-state index contributed by atoms with van der Waals surface area (Å²) in [5, 5.41) is 10.5. The molecule has 0 radical (unpaired) electrons. The molecule has 1 saturated carbocycles. The fourth-order valence-electron chi connectivity index (χ4n) is 3.40. The van der Waals surface area contributed by atoms with E-state index in [1.807, 2.05) is 6.92 Å². The summed E-state index contributed by atoms with van der Waals surface area (Å²) in [5.74, 6) is -2.64. The fraction of sp³-hybridized carbons (Fsp3) is 0.421. The van der Waals surface area contributed by atoms with E-state index in [0.29, 0.717) is 16.9 Å². The lowest BCUT2D eigenvalue weighted by Crippen LogP contribution is -2.28. The van der Waals surface area contributed by atoms with Crippen molar-refractivity contribution in [1.29, 1.82) is 0 Å². The minimum Gasteiger partial charge on any atom is -0.368 e. The van der Waals surface area contributed by atoms with Gasteiger partial charge in [-0.2, -0.15) is 13.9 Å². The summed E-state index contributed by atoms with van der Waals surface area (Å²) >= 11 is 0. The summed E-state index contributed by atoms with van der Waals surface area (Å²) in [6, 6.07) is 5.71. The van der Waals surface area contributed by atoms with Crippen LogP contribution in [0.4, 0.5) is 19.0 Å². The zero-order valence-electron chi connectivity index (χ0n) is 15.2. The van der Waals surface area contributed by atoms with Crippen molar-refractivity contribution in [3.05, 3.63) is 47.9 Å². The molecule has 0 bridgehead atoms. The van der Waals surface area contributed by atoms with Crippen LogP contribution in [0.3, 0.4) is 0 Å². The van der Waals surface area contributed by atoms with E-state index in [2.05, 4.69) is 25.5 Å². The number of aromatic amines is 1. The summed E-state index contributed by atoms with van der Waals surface area (Å²) < 4.78 is 48.4. The predicted octanol–water partition coefficient (Wildman–Crippen LogP) is 3.75. The van der Waals surface area contributed by atoms with Crippen molar-refractivity contribution in [2.45, 2.75) is 44.0 Å². The topological polar surface area (TPSA) is 75.7 Å². The molecule has 28 heavy (non-hydrogen) atoms. The Hall–Kier alpha value is -2.68. The van der Waals surface area contributed by atoms with Crippen LogP contribution in [0.1, 0.15) is 24.0 Å². The first-order valence-corrected chi connectivity index (χ1v) is 9.03. The van der Waals surface area contributed by atoms with E-state index >= 15 is 0 Å². The van der Waals surface area contributed by atoms with E-state index < -0.39 is 24.8 Å². The van der Waals surface area contributed by atoms with Crippen molar-refractivity contribution in [1.82, 2.24) is 20.2 Å². The summed E-state index contributed by atoms with van der Waals surface area (Å²) in [5.41, 5.74) is 1.33. The Bertz CT molecular complexity index is 946. The molecule has 148 valence electrons. The molecule has 0 amide bonds. The van der Waals surface area contributed by atoms with Crippen LogP contribution in [-0.2, 0) is 10.7 Å². The molecule has 0 saturated heterocycles. The maximum Gasteiger partial charge on any atom is 0.296 e. The van der Waals surface area contributed by atoms with E-state index in [9.17, 15) is 13.2 Å². The van der Waals surface area contributed by atoms with Gasteiger partial charge in [-0.1, -0.05) is 29.8 Å². The maximum atomic E-state index is 14.4. The van der Waals surface area contributed by atoms with Gasteiger partial charge in [0, 0.05) is 18.0 Å². The van der Waals surface area contributed by atoms with Gasteiger partial charge >= 0.3 is 0 Å². The minimum atomic E-state index is -3.17. The summed E-state index contributed by atoms with van der Waals surface area (Å²) in [6.45, 7) is 0.972. The minimum absolute atomic E-state index is 0.135. The van der Waals surface area contributed by atoms with E-state index in [1.54, 1.807) is 18.3 Å². The van der Waals surface area contributed by atoms with Crippen molar-refractivity contribution in [2.24, 2.45) is 0 Å². The molecule has 4 rings (SSSR count). The van der Waals surface area contributed by atoms with Gasteiger partial charge in [0.15, 0.2) is 5.65 Å². The quantitative estimate of drug-likeness (QED) is 0.669. The molecular weight excluding hydrogens is 371 g/mol. The highest BCUT2D eigenvalue weighted by Crippen LogP contribution is 2.33. The van der Waals surface area contributed by atoms with E-state index in [0.717, 1.165) is 5.56 Å². The summed E-state index contributed by atoms with van der Waals surface area (Å²) in [4.78, 5) is 8.20. The number of alkyl halides is 3. The standard InChI is InChI=1S/C19H20F3N5O/c1-11-2-4-12(5-3-11)19(21,22)9-28-16-7-13(6-15(16)20)26-17-14-8-25-27-18(14)24-10-23-17/h2-5,8,10,13,15-16H,6-7,9H2,1H3,(H2,23,24,25,26,27)/t13-,15-,16+/m0/s1. The molecule has 6 nitrogen and oxygen atoms in total. The van der Waals surface area contributed by atoms with E-state index in [4.69, 9.17) is 4.74 Å². The molecule has 3 atom stereocenters. The van der Waals surface area contributed by atoms with Crippen LogP contribution in [0.15, 0.2) is 36.8 Å². The zero-order valence-corrected chi connectivity index (χ0v) is 15.2. The van der Waals surface area contributed by atoms with Crippen LogP contribution < -0.4 is 5.32 Å². The lowest BCUT2D eigenvalue weighted by atomic mass is 10.1. The Balaban J connectivity index is 1.37. The average molecular weight is 391 g/mol. The van der Waals surface area contributed by atoms with Gasteiger partial charge in [-0.15, -0.1) is 0 Å². The first-order valence-electron chi connectivity index (χ1n) is 9.03. The fourth-order valence-corrected chi connectivity index (χ4v) is 3.40. The number of rotatable bonds is 6. The van der Waals surface area contributed by atoms with Crippen molar-refractivity contribution in [3.8, 4) is 0 Å². The van der Waals surface area contributed by atoms with Gasteiger partial charge in [0.2, 0.25) is 0 Å². The van der Waals surface area contributed by atoms with Crippen LogP contribution in [0.2, 0.25) is 0 Å². The molecule has 1 aliphatic carbocycles. The summed E-state index contributed by atoms with van der Waals surface area (Å²) in [6.07, 6.45) is 1.17. The van der Waals surface area contributed by atoms with Crippen LogP contribution in [0.25, 0.3) is 11.0 Å². The SMILES string of the molecule is Cc1ccc(C(F)(F)CO[C@@H]2C[C@@H](Nc3ncnc4[nH]ncc34)C[C@@H]2F)cc1. The molecule has 2 N–H and O–H groups in total. The Labute approximate surface area is 159 Å². The van der Waals surface area contributed by atoms with E-state index in [-0.39, 0.29) is 24.4 Å². The smallest absolute Gasteiger partial charge is 0.296 e.